The molecule has 0 saturated heterocycles. The Bertz CT molecular complexity index is 413. The Balaban J connectivity index is -0.000000367. The van der Waals surface area contributed by atoms with E-state index < -0.39 is 6.86 Å². The number of carbonyl (C=O) groups excluding carboxylic acids is 2. The van der Waals surface area contributed by atoms with Crippen LogP contribution in [0.15, 0.2) is 24.3 Å². The third kappa shape index (κ3) is 21.9. The highest BCUT2D eigenvalue weighted by Gasteiger charge is 2.00. The Morgan fingerprint density at radius 1 is 1.08 bits per heavy atom. The highest BCUT2D eigenvalue weighted by Crippen LogP contribution is 2.13. The lowest BCUT2D eigenvalue weighted by molar-refractivity contribution is -0.132. The predicted octanol–water partition coefficient (Wildman–Crippen LogP) is 3.53. The molecule has 0 fully saturated rings. The van der Waals surface area contributed by atoms with E-state index in [1.54, 1.807) is 26.0 Å². The quantitative estimate of drug-likeness (QED) is 0.701. The first-order valence-electron chi connectivity index (χ1n) is 8.45. The van der Waals surface area contributed by atoms with Crippen LogP contribution in [-0.2, 0) is 25.5 Å². The van der Waals surface area contributed by atoms with Crippen molar-refractivity contribution in [1.82, 2.24) is 5.32 Å². The number of nitrogens with one attached hydrogen (secondary N) is 1. The van der Waals surface area contributed by atoms with Gasteiger partial charge in [-0.2, -0.15) is 0 Å². The van der Waals surface area contributed by atoms with Gasteiger partial charge in [0.15, 0.2) is 0 Å². The molecule has 0 saturated carbocycles. The minimum atomic E-state index is -0.772. The van der Waals surface area contributed by atoms with Crippen LogP contribution in [0.5, 0.6) is 5.75 Å². The average molecular weight is 375 g/mol. The summed E-state index contributed by atoms with van der Waals surface area (Å²) >= 11 is 0. The lowest BCUT2D eigenvalue weighted by Gasteiger charge is -2.10. The minimum absolute atomic E-state index is 0.0301. The summed E-state index contributed by atoms with van der Waals surface area (Å²) in [7, 11) is 3.25. The zero-order valence-electron chi connectivity index (χ0n) is 17.0. The number of carbonyl (C=O) groups is 2. The van der Waals surface area contributed by atoms with E-state index in [4.69, 9.17) is 9.53 Å². The molecule has 26 heavy (non-hydrogen) atoms. The number of benzene rings is 1. The molecule has 0 radical (unpaired) electrons. The molecule has 0 aromatic heterocycles. The Morgan fingerprint density at radius 3 is 1.85 bits per heavy atom. The second kappa shape index (κ2) is 22.9. The van der Waals surface area contributed by atoms with Crippen molar-refractivity contribution in [3.8, 4) is 5.75 Å². The highest BCUT2D eigenvalue weighted by atomic mass is 19.1. The summed E-state index contributed by atoms with van der Waals surface area (Å²) in [6, 6.07) is 7.94. The van der Waals surface area contributed by atoms with Crippen LogP contribution < -0.4 is 10.1 Å². The van der Waals surface area contributed by atoms with Crippen LogP contribution in [0.3, 0.4) is 0 Å². The van der Waals surface area contributed by atoms with Crippen LogP contribution in [0.2, 0.25) is 0 Å². The van der Waals surface area contributed by atoms with Gasteiger partial charge in [-0.05, 0) is 51.9 Å². The first-order chi connectivity index (χ1) is 12.4. The second-order valence-electron chi connectivity index (χ2n) is 4.90. The minimum Gasteiger partial charge on any atom is -0.471 e. The van der Waals surface area contributed by atoms with E-state index in [9.17, 15) is 9.18 Å². The summed E-state index contributed by atoms with van der Waals surface area (Å²) in [5, 5.41) is 3.16. The third-order valence-electron chi connectivity index (χ3n) is 2.60. The third-order valence-corrected chi connectivity index (χ3v) is 2.60. The number of halogens is 1. The van der Waals surface area contributed by atoms with Gasteiger partial charge in [0.25, 0.3) is 12.9 Å². The standard InChI is InChI=1S/C11H16FNO.C4H8O2.C2H4O2.C2H6/c1-9(13-2)7-10-3-5-11(6-4-10)14-8-12;1-4(2)6-3-5;1-4-2-3;1-2/h3-6,9,13H,7-8H2,1-2H3;3-4H,1-2H3;2H,1H3;1-2H3. The van der Waals surface area contributed by atoms with Gasteiger partial charge in [0, 0.05) is 6.04 Å². The maximum absolute atomic E-state index is 11.8. The maximum atomic E-state index is 11.8. The summed E-state index contributed by atoms with van der Waals surface area (Å²) in [6.07, 6.45) is 0.995. The zero-order chi connectivity index (χ0) is 20.8. The Hall–Kier alpha value is -2.15. The molecule has 0 aliphatic carbocycles. The number of alkyl halides is 1. The fraction of sp³-hybridized carbons (Fsp3) is 0.579. The van der Waals surface area contributed by atoms with Crippen LogP contribution in [-0.4, -0.2) is 46.1 Å². The van der Waals surface area contributed by atoms with E-state index in [1.807, 2.05) is 33.0 Å². The van der Waals surface area contributed by atoms with Gasteiger partial charge in [0.1, 0.15) is 5.75 Å². The lowest BCUT2D eigenvalue weighted by atomic mass is 10.1. The summed E-state index contributed by atoms with van der Waals surface area (Å²) in [6.45, 7) is 9.77. The Kier molecular flexibility index (Phi) is 25.2. The van der Waals surface area contributed by atoms with Crippen molar-refractivity contribution in [2.45, 2.75) is 53.2 Å². The van der Waals surface area contributed by atoms with Gasteiger partial charge < -0.3 is 19.5 Å². The van der Waals surface area contributed by atoms with Crippen molar-refractivity contribution in [2.24, 2.45) is 0 Å². The fourth-order valence-corrected chi connectivity index (χ4v) is 1.35. The summed E-state index contributed by atoms with van der Waals surface area (Å²) in [5.74, 6) is 0.577. The van der Waals surface area contributed by atoms with Gasteiger partial charge >= 0.3 is 0 Å². The molecule has 0 heterocycles. The highest BCUT2D eigenvalue weighted by molar-refractivity contribution is 5.37. The molecule has 1 atom stereocenters. The predicted molar refractivity (Wildman–Crippen MR) is 102 cm³/mol. The van der Waals surface area contributed by atoms with Crippen molar-refractivity contribution >= 4 is 12.9 Å². The van der Waals surface area contributed by atoms with Crippen molar-refractivity contribution in [2.75, 3.05) is 21.0 Å². The molecule has 0 bridgehead atoms. The molecule has 1 N–H and O–H groups in total. The van der Waals surface area contributed by atoms with E-state index in [0.29, 0.717) is 24.7 Å². The summed E-state index contributed by atoms with van der Waals surface area (Å²) in [5.41, 5.74) is 1.22. The van der Waals surface area contributed by atoms with Crippen molar-refractivity contribution in [3.63, 3.8) is 0 Å². The van der Waals surface area contributed by atoms with Gasteiger partial charge in [-0.3, -0.25) is 9.59 Å². The number of likely N-dealkylation sites (N-methyl/N-ethyl adjacent to an activating group) is 1. The van der Waals surface area contributed by atoms with E-state index in [2.05, 4.69) is 21.7 Å². The van der Waals surface area contributed by atoms with Crippen molar-refractivity contribution in [3.05, 3.63) is 29.8 Å². The fourth-order valence-electron chi connectivity index (χ4n) is 1.35. The largest absolute Gasteiger partial charge is 0.471 e. The van der Waals surface area contributed by atoms with Crippen LogP contribution >= 0.6 is 0 Å². The molecular formula is C19H34FNO5. The zero-order valence-corrected chi connectivity index (χ0v) is 17.0. The van der Waals surface area contributed by atoms with Crippen LogP contribution in [0.1, 0.15) is 40.2 Å². The second-order valence-corrected chi connectivity index (χ2v) is 4.90. The number of methoxy groups -OCH3 is 1. The molecule has 7 heteroatoms. The molecule has 0 spiro atoms. The van der Waals surface area contributed by atoms with Gasteiger partial charge in [-0.25, -0.2) is 4.39 Å². The normalized spacial score (nSPS) is 9.73. The Morgan fingerprint density at radius 2 is 1.58 bits per heavy atom. The Labute approximate surface area is 157 Å². The van der Waals surface area contributed by atoms with Crippen molar-refractivity contribution < 1.29 is 28.2 Å². The topological polar surface area (TPSA) is 73.9 Å². The van der Waals surface area contributed by atoms with Gasteiger partial charge in [0.2, 0.25) is 6.86 Å². The lowest BCUT2D eigenvalue weighted by Crippen LogP contribution is -2.23. The average Bonchev–Trinajstić information content (AvgIpc) is 2.65. The van der Waals surface area contributed by atoms with Crippen LogP contribution in [0.4, 0.5) is 4.39 Å². The van der Waals surface area contributed by atoms with Gasteiger partial charge in [0.05, 0.1) is 13.2 Å². The van der Waals surface area contributed by atoms with E-state index in [-0.39, 0.29) is 6.10 Å². The SMILES string of the molecule is CC.CC(C)OC=O.CNC(C)Cc1ccc(OCF)cc1.COC=O. The number of ether oxygens (including phenoxy) is 3. The monoisotopic (exact) mass is 375 g/mol. The number of hydrogen-bond donors (Lipinski definition) is 1. The van der Waals surface area contributed by atoms with E-state index in [1.165, 1.54) is 12.7 Å². The van der Waals surface area contributed by atoms with E-state index >= 15 is 0 Å². The van der Waals surface area contributed by atoms with Crippen molar-refractivity contribution in [1.29, 1.82) is 0 Å². The molecule has 1 aromatic rings. The summed E-state index contributed by atoms with van der Waals surface area (Å²) < 4.78 is 24.7. The van der Waals surface area contributed by atoms with Gasteiger partial charge in [-0.15, -0.1) is 0 Å². The number of rotatable bonds is 8. The molecule has 1 unspecified atom stereocenters. The molecule has 0 aliphatic heterocycles. The van der Waals surface area contributed by atoms with Crippen LogP contribution in [0.25, 0.3) is 0 Å². The molecule has 1 rings (SSSR count). The molecule has 6 nitrogen and oxygen atoms in total. The summed E-state index contributed by atoms with van der Waals surface area (Å²) in [4.78, 5) is 18.3. The van der Waals surface area contributed by atoms with Crippen LogP contribution in [0, 0.1) is 0 Å². The number of hydrogen-bond acceptors (Lipinski definition) is 6. The first-order valence-corrected chi connectivity index (χ1v) is 8.45. The smallest absolute Gasteiger partial charge is 0.293 e. The molecule has 0 amide bonds. The first kappa shape index (κ1) is 28.6. The molecular weight excluding hydrogens is 341 g/mol. The molecule has 1 aromatic carbocycles. The van der Waals surface area contributed by atoms with Gasteiger partial charge in [-0.1, -0.05) is 26.0 Å². The maximum Gasteiger partial charge on any atom is 0.293 e. The molecule has 0 aliphatic rings. The van der Waals surface area contributed by atoms with E-state index in [0.717, 1.165) is 6.42 Å². The molecule has 152 valence electrons.